The molecule has 6 nitrogen and oxygen atoms in total. The summed E-state index contributed by atoms with van der Waals surface area (Å²) in [5.74, 6) is -1.69. The highest BCUT2D eigenvalue weighted by Crippen LogP contribution is 2.17. The van der Waals surface area contributed by atoms with Crippen molar-refractivity contribution in [3.8, 4) is 0 Å². The van der Waals surface area contributed by atoms with Gasteiger partial charge in [0.15, 0.2) is 0 Å². The van der Waals surface area contributed by atoms with Gasteiger partial charge in [-0.05, 0) is 0 Å². The number of halogens is 3. The van der Waals surface area contributed by atoms with Crippen LogP contribution in [0.2, 0.25) is 0 Å². The molecule has 0 aliphatic carbocycles. The predicted molar refractivity (Wildman–Crippen MR) is 68.9 cm³/mol. The molecule has 1 N–H and O–H groups in total. The normalized spacial score (nSPS) is 18.4. The van der Waals surface area contributed by atoms with Crippen molar-refractivity contribution >= 4 is 12.0 Å². The molecule has 1 saturated heterocycles. The largest absolute Gasteiger partial charge is 0.481 e. The molecule has 2 amide bonds. The molecule has 0 radical (unpaired) electrons. The van der Waals surface area contributed by atoms with Crippen LogP contribution in [-0.2, 0) is 4.79 Å². The van der Waals surface area contributed by atoms with Gasteiger partial charge in [-0.2, -0.15) is 13.2 Å². The van der Waals surface area contributed by atoms with Crippen LogP contribution < -0.4 is 0 Å². The lowest BCUT2D eigenvalue weighted by Gasteiger charge is -2.37. The molecule has 1 rings (SSSR count). The van der Waals surface area contributed by atoms with Crippen LogP contribution in [0.3, 0.4) is 0 Å². The molecule has 9 heteroatoms. The van der Waals surface area contributed by atoms with Gasteiger partial charge in [-0.25, -0.2) is 4.79 Å². The Hall–Kier alpha value is -1.51. The molecular formula is C12H20F3N3O3. The van der Waals surface area contributed by atoms with E-state index in [1.54, 1.807) is 0 Å². The second-order valence-corrected chi connectivity index (χ2v) is 5.28. The van der Waals surface area contributed by atoms with Crippen LogP contribution in [0.5, 0.6) is 0 Å². The van der Waals surface area contributed by atoms with Crippen LogP contribution in [0, 0.1) is 5.92 Å². The topological polar surface area (TPSA) is 64.1 Å². The number of carbonyl (C=O) groups is 2. The van der Waals surface area contributed by atoms with Crippen LogP contribution in [-0.4, -0.2) is 84.3 Å². The minimum absolute atomic E-state index is 0.0664. The van der Waals surface area contributed by atoms with Crippen LogP contribution in [0.25, 0.3) is 0 Å². The van der Waals surface area contributed by atoms with Crippen molar-refractivity contribution in [1.29, 1.82) is 0 Å². The molecular weight excluding hydrogens is 291 g/mol. The number of hydrogen-bond donors (Lipinski definition) is 1. The second-order valence-electron chi connectivity index (χ2n) is 5.28. The molecule has 0 spiro atoms. The van der Waals surface area contributed by atoms with E-state index in [0.717, 1.165) is 0 Å². The number of nitrogens with zero attached hydrogens (tertiary/aromatic N) is 3. The van der Waals surface area contributed by atoms with Crippen LogP contribution in [0.1, 0.15) is 6.92 Å². The van der Waals surface area contributed by atoms with E-state index in [2.05, 4.69) is 0 Å². The second kappa shape index (κ2) is 6.97. The number of urea groups is 1. The molecule has 1 aliphatic rings. The maximum atomic E-state index is 12.3. The highest BCUT2D eigenvalue weighted by molar-refractivity contribution is 5.76. The minimum Gasteiger partial charge on any atom is -0.481 e. The lowest BCUT2D eigenvalue weighted by Crippen LogP contribution is -2.54. The Kier molecular flexibility index (Phi) is 5.82. The zero-order valence-corrected chi connectivity index (χ0v) is 12.1. The van der Waals surface area contributed by atoms with E-state index in [-0.39, 0.29) is 38.8 Å². The molecule has 1 unspecified atom stereocenters. The van der Waals surface area contributed by atoms with Crippen molar-refractivity contribution in [3.63, 3.8) is 0 Å². The lowest BCUT2D eigenvalue weighted by molar-refractivity contribution is -0.148. The van der Waals surface area contributed by atoms with Gasteiger partial charge >= 0.3 is 18.2 Å². The number of aliphatic carboxylic acids is 1. The first kappa shape index (κ1) is 17.5. The first-order valence-electron chi connectivity index (χ1n) is 6.62. The summed E-state index contributed by atoms with van der Waals surface area (Å²) in [6, 6.07) is -0.352. The summed E-state index contributed by atoms with van der Waals surface area (Å²) in [5, 5.41) is 8.80. The Labute approximate surface area is 121 Å². The van der Waals surface area contributed by atoms with Crippen LogP contribution in [0.15, 0.2) is 0 Å². The summed E-state index contributed by atoms with van der Waals surface area (Å²) in [6.07, 6.45) is -4.24. The fourth-order valence-corrected chi connectivity index (χ4v) is 2.16. The van der Waals surface area contributed by atoms with Gasteiger partial charge in [-0.15, -0.1) is 0 Å². The van der Waals surface area contributed by atoms with Gasteiger partial charge < -0.3 is 14.9 Å². The lowest BCUT2D eigenvalue weighted by atomic mass is 10.2. The van der Waals surface area contributed by atoms with Gasteiger partial charge in [0.25, 0.3) is 0 Å². The van der Waals surface area contributed by atoms with E-state index >= 15 is 0 Å². The summed E-state index contributed by atoms with van der Waals surface area (Å²) >= 11 is 0. The van der Waals surface area contributed by atoms with Gasteiger partial charge in [-0.1, -0.05) is 6.92 Å². The van der Waals surface area contributed by atoms with E-state index in [1.165, 1.54) is 28.7 Å². The number of carboxylic acids is 1. The van der Waals surface area contributed by atoms with Crippen molar-refractivity contribution in [2.24, 2.45) is 5.92 Å². The van der Waals surface area contributed by atoms with Gasteiger partial charge in [0, 0.05) is 39.8 Å². The van der Waals surface area contributed by atoms with Gasteiger partial charge in [0.2, 0.25) is 0 Å². The van der Waals surface area contributed by atoms with E-state index in [0.29, 0.717) is 0 Å². The summed E-state index contributed by atoms with van der Waals surface area (Å²) in [6.45, 7) is 1.33. The monoisotopic (exact) mass is 311 g/mol. The maximum absolute atomic E-state index is 12.3. The van der Waals surface area contributed by atoms with Crippen molar-refractivity contribution in [3.05, 3.63) is 0 Å². The molecule has 122 valence electrons. The third-order valence-electron chi connectivity index (χ3n) is 3.34. The molecule has 21 heavy (non-hydrogen) atoms. The molecule has 0 saturated carbocycles. The number of carboxylic acid groups (broad SMARTS) is 1. The third-order valence-corrected chi connectivity index (χ3v) is 3.34. The molecule has 1 fully saturated rings. The van der Waals surface area contributed by atoms with Gasteiger partial charge in [0.1, 0.15) is 0 Å². The molecule has 0 aromatic heterocycles. The van der Waals surface area contributed by atoms with Crippen molar-refractivity contribution in [2.75, 3.05) is 46.3 Å². The first-order valence-corrected chi connectivity index (χ1v) is 6.62. The van der Waals surface area contributed by atoms with Crippen LogP contribution in [0.4, 0.5) is 18.0 Å². The Morgan fingerprint density at radius 1 is 1.24 bits per heavy atom. The Bertz CT molecular complexity index is 382. The average Bonchev–Trinajstić information content (AvgIpc) is 2.36. The summed E-state index contributed by atoms with van der Waals surface area (Å²) < 4.78 is 36.8. The standard InChI is InChI=1S/C12H20F3N3O3/c1-9(10(19)20)7-16(2)11(21)18-5-3-17(4-6-18)8-12(13,14)15/h9H,3-8H2,1-2H3,(H,19,20). The summed E-state index contributed by atoms with van der Waals surface area (Å²) in [7, 11) is 1.49. The number of carbonyl (C=O) groups excluding carboxylic acids is 1. The van der Waals surface area contributed by atoms with Crippen molar-refractivity contribution in [2.45, 2.75) is 13.1 Å². The first-order chi connectivity index (χ1) is 9.60. The van der Waals surface area contributed by atoms with Crippen LogP contribution >= 0.6 is 0 Å². The quantitative estimate of drug-likeness (QED) is 0.839. The molecule has 0 bridgehead atoms. The zero-order chi connectivity index (χ0) is 16.2. The third kappa shape index (κ3) is 5.78. The molecule has 1 aliphatic heterocycles. The Morgan fingerprint density at radius 2 is 1.76 bits per heavy atom. The van der Waals surface area contributed by atoms with E-state index < -0.39 is 24.6 Å². The number of amides is 2. The molecule has 1 heterocycles. The Balaban J connectivity index is 2.43. The highest BCUT2D eigenvalue weighted by atomic mass is 19.4. The number of piperazine rings is 1. The summed E-state index contributed by atoms with van der Waals surface area (Å²) in [5.41, 5.74) is 0. The van der Waals surface area contributed by atoms with E-state index in [1.807, 2.05) is 0 Å². The van der Waals surface area contributed by atoms with E-state index in [9.17, 15) is 22.8 Å². The fraction of sp³-hybridized carbons (Fsp3) is 0.833. The summed E-state index contributed by atoms with van der Waals surface area (Å²) in [4.78, 5) is 26.8. The smallest absolute Gasteiger partial charge is 0.401 e. The van der Waals surface area contributed by atoms with Crippen molar-refractivity contribution < 1.29 is 27.9 Å². The number of alkyl halides is 3. The molecule has 1 atom stereocenters. The highest BCUT2D eigenvalue weighted by Gasteiger charge is 2.33. The molecule has 0 aromatic rings. The zero-order valence-electron chi connectivity index (χ0n) is 12.1. The number of hydrogen-bond acceptors (Lipinski definition) is 3. The average molecular weight is 311 g/mol. The van der Waals surface area contributed by atoms with E-state index in [4.69, 9.17) is 5.11 Å². The van der Waals surface area contributed by atoms with Gasteiger partial charge in [-0.3, -0.25) is 9.69 Å². The van der Waals surface area contributed by atoms with Crippen molar-refractivity contribution in [1.82, 2.24) is 14.7 Å². The van der Waals surface area contributed by atoms with Gasteiger partial charge in [0.05, 0.1) is 12.5 Å². The molecule has 0 aromatic carbocycles. The minimum atomic E-state index is -4.24. The fourth-order valence-electron chi connectivity index (χ4n) is 2.16. The maximum Gasteiger partial charge on any atom is 0.401 e. The predicted octanol–water partition coefficient (Wildman–Crippen LogP) is 0.939. The SMILES string of the molecule is CC(CN(C)C(=O)N1CCN(CC(F)(F)F)CC1)C(=O)O. The number of rotatable bonds is 4. The Morgan fingerprint density at radius 3 is 2.19 bits per heavy atom.